The van der Waals surface area contributed by atoms with Crippen molar-refractivity contribution in [2.45, 2.75) is 17.9 Å². The number of hydrogen-bond donors (Lipinski definition) is 0. The number of hydrogen-bond acceptors (Lipinski definition) is 5. The third-order valence-electron chi connectivity index (χ3n) is 5.98. The van der Waals surface area contributed by atoms with E-state index in [4.69, 9.17) is 0 Å². The van der Waals surface area contributed by atoms with Gasteiger partial charge in [-0.2, -0.15) is 4.31 Å². The fraction of sp³-hybridized carbons (Fsp3) is 0.348. The number of fused-ring (bicyclic) bond motifs is 1. The molecule has 0 aliphatic carbocycles. The number of rotatable bonds is 6. The average molecular weight is 458 g/mol. The van der Waals surface area contributed by atoms with Crippen LogP contribution in [0.5, 0.6) is 0 Å². The molecule has 2 aromatic carbocycles. The van der Waals surface area contributed by atoms with Crippen LogP contribution in [0.3, 0.4) is 0 Å². The van der Waals surface area contributed by atoms with Crippen LogP contribution in [0.4, 0.5) is 0 Å². The van der Waals surface area contributed by atoms with Crippen molar-refractivity contribution in [2.24, 2.45) is 0 Å². The van der Waals surface area contributed by atoms with Gasteiger partial charge in [0.05, 0.1) is 17.5 Å². The summed E-state index contributed by atoms with van der Waals surface area (Å²) in [6.07, 6.45) is 0. The third kappa shape index (κ3) is 4.67. The third-order valence-corrected chi connectivity index (χ3v) is 8.92. The SMILES string of the molecule is CC(c1cccs1)N(C)C(=O)CN1CCN(S(=O)(=O)c2ccc3ccccc3c2)CC1. The van der Waals surface area contributed by atoms with E-state index in [1.807, 2.05) is 66.7 Å². The lowest BCUT2D eigenvalue weighted by atomic mass is 10.1. The van der Waals surface area contributed by atoms with Crippen LogP contribution in [0.1, 0.15) is 17.8 Å². The van der Waals surface area contributed by atoms with Crippen LogP contribution in [0, 0.1) is 0 Å². The van der Waals surface area contributed by atoms with E-state index < -0.39 is 10.0 Å². The van der Waals surface area contributed by atoms with Crippen molar-refractivity contribution in [1.29, 1.82) is 0 Å². The highest BCUT2D eigenvalue weighted by molar-refractivity contribution is 7.89. The zero-order valence-electron chi connectivity index (χ0n) is 17.8. The van der Waals surface area contributed by atoms with Crippen LogP contribution in [-0.2, 0) is 14.8 Å². The number of piperazine rings is 1. The first-order chi connectivity index (χ1) is 14.9. The summed E-state index contributed by atoms with van der Waals surface area (Å²) in [6.45, 7) is 4.17. The molecule has 1 fully saturated rings. The van der Waals surface area contributed by atoms with E-state index in [0.717, 1.165) is 15.6 Å². The molecule has 0 radical (unpaired) electrons. The lowest BCUT2D eigenvalue weighted by Crippen LogP contribution is -2.51. The van der Waals surface area contributed by atoms with Gasteiger partial charge in [-0.1, -0.05) is 36.4 Å². The predicted octanol–water partition coefficient (Wildman–Crippen LogP) is 3.43. The second-order valence-electron chi connectivity index (χ2n) is 7.89. The minimum atomic E-state index is -3.55. The maximum absolute atomic E-state index is 13.1. The molecule has 164 valence electrons. The zero-order valence-corrected chi connectivity index (χ0v) is 19.4. The summed E-state index contributed by atoms with van der Waals surface area (Å²) in [5.74, 6) is 0.0479. The Morgan fingerprint density at radius 3 is 2.42 bits per heavy atom. The Labute approximate surface area is 187 Å². The second-order valence-corrected chi connectivity index (χ2v) is 10.8. The second kappa shape index (κ2) is 9.08. The quantitative estimate of drug-likeness (QED) is 0.569. The minimum Gasteiger partial charge on any atom is -0.337 e. The van der Waals surface area contributed by atoms with E-state index >= 15 is 0 Å². The van der Waals surface area contributed by atoms with Gasteiger partial charge in [-0.3, -0.25) is 9.69 Å². The first-order valence-electron chi connectivity index (χ1n) is 10.4. The molecule has 1 saturated heterocycles. The Hall–Kier alpha value is -2.26. The number of nitrogens with zero attached hydrogens (tertiary/aromatic N) is 3. The maximum Gasteiger partial charge on any atom is 0.243 e. The molecule has 0 N–H and O–H groups in total. The van der Waals surface area contributed by atoms with Crippen molar-refractivity contribution >= 4 is 38.0 Å². The van der Waals surface area contributed by atoms with Crippen molar-refractivity contribution in [1.82, 2.24) is 14.1 Å². The zero-order chi connectivity index (χ0) is 22.0. The van der Waals surface area contributed by atoms with E-state index in [0.29, 0.717) is 37.6 Å². The van der Waals surface area contributed by atoms with Gasteiger partial charge in [0.15, 0.2) is 0 Å². The molecule has 1 amide bonds. The van der Waals surface area contributed by atoms with E-state index in [-0.39, 0.29) is 11.9 Å². The molecule has 1 atom stereocenters. The van der Waals surface area contributed by atoms with Gasteiger partial charge in [-0.05, 0) is 41.3 Å². The molecular weight excluding hydrogens is 430 g/mol. The summed E-state index contributed by atoms with van der Waals surface area (Å²) < 4.78 is 27.8. The molecule has 1 aromatic heterocycles. The Morgan fingerprint density at radius 2 is 1.74 bits per heavy atom. The topological polar surface area (TPSA) is 60.9 Å². The minimum absolute atomic E-state index is 0.0297. The lowest BCUT2D eigenvalue weighted by molar-refractivity contribution is -0.133. The van der Waals surface area contributed by atoms with Gasteiger partial charge < -0.3 is 4.90 Å². The van der Waals surface area contributed by atoms with Crippen molar-refractivity contribution < 1.29 is 13.2 Å². The normalized spacial score (nSPS) is 17.0. The average Bonchev–Trinajstić information content (AvgIpc) is 3.33. The van der Waals surface area contributed by atoms with E-state index in [1.54, 1.807) is 28.4 Å². The Balaban J connectivity index is 1.36. The Bertz CT molecular complexity index is 1150. The predicted molar refractivity (Wildman–Crippen MR) is 125 cm³/mol. The van der Waals surface area contributed by atoms with Crippen molar-refractivity contribution in [3.05, 3.63) is 64.9 Å². The summed E-state index contributed by atoms with van der Waals surface area (Å²) in [4.78, 5) is 18.0. The molecule has 3 aromatic rings. The molecule has 1 aliphatic rings. The first-order valence-corrected chi connectivity index (χ1v) is 12.7. The van der Waals surface area contributed by atoms with Gasteiger partial charge in [0.1, 0.15) is 0 Å². The fourth-order valence-electron chi connectivity index (χ4n) is 3.84. The number of sulfonamides is 1. The summed E-state index contributed by atoms with van der Waals surface area (Å²) in [5.41, 5.74) is 0. The molecular formula is C23H27N3O3S2. The van der Waals surface area contributed by atoms with Crippen molar-refractivity contribution in [2.75, 3.05) is 39.8 Å². The number of carbonyl (C=O) groups is 1. The molecule has 31 heavy (non-hydrogen) atoms. The summed E-state index contributed by atoms with van der Waals surface area (Å²) >= 11 is 1.64. The fourth-order valence-corrected chi connectivity index (χ4v) is 6.13. The number of likely N-dealkylation sites (N-methyl/N-ethyl adjacent to an activating group) is 1. The monoisotopic (exact) mass is 457 g/mol. The largest absolute Gasteiger partial charge is 0.337 e. The van der Waals surface area contributed by atoms with Gasteiger partial charge in [0.25, 0.3) is 0 Å². The Kier molecular flexibility index (Phi) is 6.43. The van der Waals surface area contributed by atoms with Crippen LogP contribution in [0.2, 0.25) is 0 Å². The van der Waals surface area contributed by atoms with Gasteiger partial charge in [0.2, 0.25) is 15.9 Å². The molecule has 1 aliphatic heterocycles. The van der Waals surface area contributed by atoms with Crippen molar-refractivity contribution in [3.8, 4) is 0 Å². The molecule has 0 saturated carbocycles. The molecule has 0 spiro atoms. The summed E-state index contributed by atoms with van der Waals surface area (Å²) in [7, 11) is -1.73. The standard InChI is InChI=1S/C23H27N3O3S2/c1-18(22-8-5-15-30-22)24(2)23(27)17-25-11-13-26(14-12-25)31(28,29)21-10-9-19-6-3-4-7-20(19)16-21/h3-10,15-16,18H,11-14,17H2,1-2H3. The smallest absolute Gasteiger partial charge is 0.243 e. The van der Waals surface area contributed by atoms with E-state index in [2.05, 4.69) is 0 Å². The van der Waals surface area contributed by atoms with Gasteiger partial charge >= 0.3 is 0 Å². The van der Waals surface area contributed by atoms with E-state index in [1.165, 1.54) is 4.31 Å². The lowest BCUT2D eigenvalue weighted by Gasteiger charge is -2.35. The maximum atomic E-state index is 13.1. The van der Waals surface area contributed by atoms with Crippen molar-refractivity contribution in [3.63, 3.8) is 0 Å². The van der Waals surface area contributed by atoms with Crippen LogP contribution in [0.15, 0.2) is 64.9 Å². The van der Waals surface area contributed by atoms with Crippen LogP contribution < -0.4 is 0 Å². The number of carbonyl (C=O) groups excluding carboxylic acids is 1. The molecule has 2 heterocycles. The highest BCUT2D eigenvalue weighted by atomic mass is 32.2. The van der Waals surface area contributed by atoms with Crippen LogP contribution >= 0.6 is 11.3 Å². The van der Waals surface area contributed by atoms with E-state index in [9.17, 15) is 13.2 Å². The highest BCUT2D eigenvalue weighted by Gasteiger charge is 2.30. The summed E-state index contributed by atoms with van der Waals surface area (Å²) in [5, 5.41) is 3.95. The van der Waals surface area contributed by atoms with Gasteiger partial charge in [-0.25, -0.2) is 8.42 Å². The number of amides is 1. The van der Waals surface area contributed by atoms with Gasteiger partial charge in [0, 0.05) is 38.1 Å². The molecule has 1 unspecified atom stereocenters. The molecule has 6 nitrogen and oxygen atoms in total. The van der Waals surface area contributed by atoms with Crippen LogP contribution in [-0.4, -0.2) is 68.2 Å². The number of thiophene rings is 1. The molecule has 0 bridgehead atoms. The molecule has 8 heteroatoms. The number of benzene rings is 2. The Morgan fingerprint density at radius 1 is 1.03 bits per heavy atom. The van der Waals surface area contributed by atoms with Gasteiger partial charge in [-0.15, -0.1) is 11.3 Å². The van der Waals surface area contributed by atoms with Crippen LogP contribution in [0.25, 0.3) is 10.8 Å². The first kappa shape index (κ1) is 22.0. The summed E-state index contributed by atoms with van der Waals surface area (Å²) in [6, 6.07) is 17.1. The highest BCUT2D eigenvalue weighted by Crippen LogP contribution is 2.25. The molecule has 4 rings (SSSR count).